The molecule has 0 saturated heterocycles. The first kappa shape index (κ1) is 20.2. The van der Waals surface area contributed by atoms with Crippen molar-refractivity contribution >= 4 is 36.3 Å². The van der Waals surface area contributed by atoms with E-state index in [1.54, 1.807) is 0 Å². The molecule has 0 aromatic carbocycles. The minimum absolute atomic E-state index is 0.101. The van der Waals surface area contributed by atoms with Gasteiger partial charge in [-0.1, -0.05) is 0 Å². The van der Waals surface area contributed by atoms with Gasteiger partial charge in [0.25, 0.3) is 0 Å². The van der Waals surface area contributed by atoms with Crippen LogP contribution >= 0.6 is 36.3 Å². The van der Waals surface area contributed by atoms with E-state index in [1.165, 1.54) is 19.1 Å². The fourth-order valence-corrected chi connectivity index (χ4v) is 4.90. The predicted molar refractivity (Wildman–Crippen MR) is 84.5 cm³/mol. The van der Waals surface area contributed by atoms with E-state index in [4.69, 9.17) is 0 Å². The Morgan fingerprint density at radius 1 is 1.06 bits per heavy atom. The van der Waals surface area contributed by atoms with Gasteiger partial charge in [0.1, 0.15) is 0 Å². The summed E-state index contributed by atoms with van der Waals surface area (Å²) >= 11 is 7.12. The quantitative estimate of drug-likeness (QED) is 0.563. The molecule has 0 aliphatic carbocycles. The number of hydrogen-bond acceptors (Lipinski definition) is 1. The number of nitrogens with zero attached hydrogens (tertiary/aromatic N) is 1. The van der Waals surface area contributed by atoms with Crippen molar-refractivity contribution in [2.75, 3.05) is 26.8 Å². The third-order valence-corrected chi connectivity index (χ3v) is 6.45. The Balaban J connectivity index is 0. The maximum atomic E-state index is 3.03. The molecular weight excluding hydrogens is 396 g/mol. The monoisotopic (exact) mass is 421 g/mol. The third-order valence-electron chi connectivity index (χ3n) is 2.55. The molecule has 0 radical (unpaired) electrons. The Bertz CT molecular complexity index is 138. The summed E-state index contributed by atoms with van der Waals surface area (Å²) in [5, 5.41) is 0. The molecule has 0 aliphatic rings. The van der Waals surface area contributed by atoms with Crippen molar-refractivity contribution in [3.63, 3.8) is 0 Å². The van der Waals surface area contributed by atoms with E-state index in [9.17, 15) is 0 Å². The van der Waals surface area contributed by atoms with Gasteiger partial charge in [-0.05, 0) is 48.2 Å². The van der Waals surface area contributed by atoms with Crippen molar-refractivity contribution in [1.82, 2.24) is 4.90 Å². The molecule has 0 aromatic heterocycles. The SMILES string of the molecule is CC(C)[PH+](CCCN(C)C)C(C)C.[Br][Co+][Br]. The second-order valence-electron chi connectivity index (χ2n) is 4.84. The standard InChI is InChI=1S/C11H26NP.2BrH.Co/c1-10(2)13(11(3)4)9-7-8-12(5)6;;;/h10-11H,7-9H2,1-6H3;2*1H;/q;;;+3/p-1. The van der Waals surface area contributed by atoms with Crippen LogP contribution < -0.4 is 0 Å². The summed E-state index contributed by atoms with van der Waals surface area (Å²) in [5.74, 6) is 0. The molecule has 0 aromatic rings. The van der Waals surface area contributed by atoms with Crippen molar-refractivity contribution in [1.29, 1.82) is 0 Å². The molecule has 0 spiro atoms. The van der Waals surface area contributed by atoms with Crippen LogP contribution in [0.4, 0.5) is 0 Å². The van der Waals surface area contributed by atoms with Crippen molar-refractivity contribution in [3.05, 3.63) is 0 Å². The van der Waals surface area contributed by atoms with Crippen LogP contribution in [0.1, 0.15) is 34.1 Å². The number of hydrogen-bond donors (Lipinski definition) is 0. The summed E-state index contributed by atoms with van der Waals surface area (Å²) in [6, 6.07) is 0. The van der Waals surface area contributed by atoms with Gasteiger partial charge in [0, 0.05) is 14.5 Å². The average molecular weight is 423 g/mol. The van der Waals surface area contributed by atoms with Crippen LogP contribution in [0, 0.1) is 0 Å². The van der Waals surface area contributed by atoms with Gasteiger partial charge < -0.3 is 4.90 Å². The van der Waals surface area contributed by atoms with E-state index in [2.05, 4.69) is 75.0 Å². The van der Waals surface area contributed by atoms with Gasteiger partial charge in [0.2, 0.25) is 0 Å². The summed E-state index contributed by atoms with van der Waals surface area (Å²) in [6.45, 7) is 10.8. The molecule has 0 fully saturated rings. The molecule has 0 aliphatic heterocycles. The van der Waals surface area contributed by atoms with E-state index in [1.807, 2.05) is 0 Å². The van der Waals surface area contributed by atoms with Crippen molar-refractivity contribution < 1.29 is 11.1 Å². The maximum absolute atomic E-state index is 3.03. The fourth-order valence-electron chi connectivity index (χ4n) is 1.84. The van der Waals surface area contributed by atoms with Gasteiger partial charge in [-0.3, -0.25) is 0 Å². The Kier molecular flexibility index (Phi) is 16.8. The Hall–Kier alpha value is 1.86. The van der Waals surface area contributed by atoms with Crippen molar-refractivity contribution in [2.45, 2.75) is 45.4 Å². The molecule has 0 heterocycles. The van der Waals surface area contributed by atoms with Crippen LogP contribution in [0.3, 0.4) is 0 Å². The molecule has 0 amide bonds. The van der Waals surface area contributed by atoms with Gasteiger partial charge in [-0.25, -0.2) is 0 Å². The molecule has 0 unspecified atom stereocenters. The molecule has 5 heteroatoms. The van der Waals surface area contributed by atoms with E-state index in [0.717, 1.165) is 22.4 Å². The third kappa shape index (κ3) is 13.9. The molecular formula is C11H27Br2CoNP+2. The number of rotatable bonds is 6. The summed E-state index contributed by atoms with van der Waals surface area (Å²) in [4.78, 5) is 2.29. The molecule has 0 rings (SSSR count). The van der Waals surface area contributed by atoms with Gasteiger partial charge in [0.05, 0.1) is 17.5 Å². The zero-order chi connectivity index (χ0) is 13.1. The fraction of sp³-hybridized carbons (Fsp3) is 1.00. The average Bonchev–Trinajstić information content (AvgIpc) is 2.11. The van der Waals surface area contributed by atoms with E-state index in [-0.39, 0.29) is 7.92 Å². The van der Waals surface area contributed by atoms with Crippen LogP contribution in [-0.4, -0.2) is 43.0 Å². The minimum atomic E-state index is -0.101. The molecule has 0 atom stereocenters. The molecule has 0 saturated carbocycles. The van der Waals surface area contributed by atoms with Gasteiger partial charge >= 0.3 is 39.5 Å². The van der Waals surface area contributed by atoms with Crippen LogP contribution in [0.25, 0.3) is 0 Å². The van der Waals surface area contributed by atoms with Gasteiger partial charge in [-0.2, -0.15) is 0 Å². The molecule has 102 valence electrons. The van der Waals surface area contributed by atoms with Gasteiger partial charge in [0.15, 0.2) is 0 Å². The summed E-state index contributed by atoms with van der Waals surface area (Å²) in [5.41, 5.74) is 1.87. The Labute approximate surface area is 124 Å². The molecule has 1 nitrogen and oxygen atoms in total. The van der Waals surface area contributed by atoms with Crippen LogP contribution in [0.2, 0.25) is 0 Å². The van der Waals surface area contributed by atoms with Crippen molar-refractivity contribution in [2.24, 2.45) is 0 Å². The molecule has 16 heavy (non-hydrogen) atoms. The number of halogens is 2. The normalized spacial score (nSPS) is 11.5. The van der Waals surface area contributed by atoms with Crippen LogP contribution in [-0.2, 0) is 11.1 Å². The summed E-state index contributed by atoms with van der Waals surface area (Å²) < 4.78 is 0. The first-order chi connectivity index (χ1) is 7.36. The van der Waals surface area contributed by atoms with E-state index < -0.39 is 0 Å². The second-order valence-corrected chi connectivity index (χ2v) is 14.1. The molecule has 0 N–H and O–H groups in total. The zero-order valence-electron chi connectivity index (χ0n) is 11.3. The Morgan fingerprint density at radius 2 is 1.44 bits per heavy atom. The second kappa shape index (κ2) is 13.3. The van der Waals surface area contributed by atoms with E-state index in [0.29, 0.717) is 0 Å². The summed E-state index contributed by atoms with van der Waals surface area (Å²) in [6.07, 6.45) is 2.87. The van der Waals surface area contributed by atoms with Crippen LogP contribution in [0.5, 0.6) is 0 Å². The Morgan fingerprint density at radius 3 is 1.69 bits per heavy atom. The predicted octanol–water partition coefficient (Wildman–Crippen LogP) is 4.66. The first-order valence-corrected chi connectivity index (χ1v) is 12.7. The summed E-state index contributed by atoms with van der Waals surface area (Å²) in [7, 11) is 4.23. The van der Waals surface area contributed by atoms with Gasteiger partial charge in [-0.15, -0.1) is 0 Å². The first-order valence-electron chi connectivity index (χ1n) is 5.70. The van der Waals surface area contributed by atoms with Crippen molar-refractivity contribution in [3.8, 4) is 0 Å². The van der Waals surface area contributed by atoms with E-state index >= 15 is 0 Å². The topological polar surface area (TPSA) is 3.24 Å². The zero-order valence-corrected chi connectivity index (χ0v) is 16.5. The van der Waals surface area contributed by atoms with Crippen LogP contribution in [0.15, 0.2) is 0 Å². The molecule has 0 bridgehead atoms.